The van der Waals surface area contributed by atoms with Crippen molar-refractivity contribution in [1.82, 2.24) is 14.3 Å². The van der Waals surface area contributed by atoms with E-state index in [-0.39, 0.29) is 24.5 Å². The average Bonchev–Trinajstić information content (AvgIpc) is 2.40. The molecule has 112 valence electrons. The highest BCUT2D eigenvalue weighted by atomic mass is 32.2. The third kappa shape index (κ3) is 4.47. The fourth-order valence-electron chi connectivity index (χ4n) is 1.72. The van der Waals surface area contributed by atoms with Gasteiger partial charge in [0.2, 0.25) is 10.0 Å². The first kappa shape index (κ1) is 15.3. The SMILES string of the molecule is CS(=O)(=O)NCCn1cnc(-c2ccc(F)cc2)cc1=O. The Morgan fingerprint density at radius 3 is 2.52 bits per heavy atom. The average molecular weight is 311 g/mol. The number of nitrogens with one attached hydrogen (secondary N) is 1. The molecular weight excluding hydrogens is 297 g/mol. The summed E-state index contributed by atoms with van der Waals surface area (Å²) in [6.07, 6.45) is 2.39. The van der Waals surface area contributed by atoms with Crippen molar-refractivity contribution >= 4 is 10.0 Å². The van der Waals surface area contributed by atoms with E-state index in [1.54, 1.807) is 0 Å². The summed E-state index contributed by atoms with van der Waals surface area (Å²) >= 11 is 0. The second-order valence-electron chi connectivity index (χ2n) is 4.48. The van der Waals surface area contributed by atoms with Gasteiger partial charge in [-0.2, -0.15) is 0 Å². The maximum absolute atomic E-state index is 12.8. The normalized spacial score (nSPS) is 11.5. The number of benzene rings is 1. The Morgan fingerprint density at radius 2 is 1.95 bits per heavy atom. The van der Waals surface area contributed by atoms with E-state index in [1.165, 1.54) is 41.2 Å². The molecule has 8 heteroatoms. The van der Waals surface area contributed by atoms with Crippen LogP contribution in [0.3, 0.4) is 0 Å². The molecule has 0 radical (unpaired) electrons. The van der Waals surface area contributed by atoms with Gasteiger partial charge in [-0.15, -0.1) is 0 Å². The Labute approximate surface area is 121 Å². The zero-order valence-electron chi connectivity index (χ0n) is 11.3. The fraction of sp³-hybridized carbons (Fsp3) is 0.231. The van der Waals surface area contributed by atoms with Gasteiger partial charge in [-0.05, 0) is 24.3 Å². The number of aromatic nitrogens is 2. The smallest absolute Gasteiger partial charge is 0.253 e. The third-order valence-corrected chi connectivity index (χ3v) is 3.46. The summed E-state index contributed by atoms with van der Waals surface area (Å²) in [4.78, 5) is 16.0. The lowest BCUT2D eigenvalue weighted by molar-refractivity contribution is 0.574. The second kappa shape index (κ2) is 6.15. The lowest BCUT2D eigenvalue weighted by Gasteiger charge is -2.07. The topological polar surface area (TPSA) is 81.1 Å². The first-order valence-corrected chi connectivity index (χ1v) is 8.01. The Kier molecular flexibility index (Phi) is 4.49. The van der Waals surface area contributed by atoms with Gasteiger partial charge in [-0.1, -0.05) is 0 Å². The Balaban J connectivity index is 2.14. The van der Waals surface area contributed by atoms with Gasteiger partial charge in [0.05, 0.1) is 18.3 Å². The van der Waals surface area contributed by atoms with E-state index in [0.717, 1.165) is 6.26 Å². The van der Waals surface area contributed by atoms with Gasteiger partial charge in [-0.3, -0.25) is 9.36 Å². The molecular formula is C13H14FN3O3S. The molecule has 1 N–H and O–H groups in total. The van der Waals surface area contributed by atoms with Gasteiger partial charge in [-0.25, -0.2) is 22.5 Å². The van der Waals surface area contributed by atoms with Crippen molar-refractivity contribution in [3.63, 3.8) is 0 Å². The second-order valence-corrected chi connectivity index (χ2v) is 6.31. The molecule has 0 atom stereocenters. The minimum absolute atomic E-state index is 0.107. The molecule has 0 spiro atoms. The molecule has 1 heterocycles. The predicted octanol–water partition coefficient (Wildman–Crippen LogP) is 0.599. The van der Waals surface area contributed by atoms with Crippen molar-refractivity contribution in [2.75, 3.05) is 12.8 Å². The van der Waals surface area contributed by atoms with Gasteiger partial charge in [0.25, 0.3) is 5.56 Å². The number of hydrogen-bond donors (Lipinski definition) is 1. The molecule has 0 saturated carbocycles. The minimum atomic E-state index is -3.28. The van der Waals surface area contributed by atoms with E-state index in [4.69, 9.17) is 0 Å². The quantitative estimate of drug-likeness (QED) is 0.877. The summed E-state index contributed by atoms with van der Waals surface area (Å²) < 4.78 is 38.3. The summed E-state index contributed by atoms with van der Waals surface area (Å²) in [5, 5.41) is 0. The number of halogens is 1. The molecule has 1 aromatic carbocycles. The van der Waals surface area contributed by atoms with E-state index in [0.29, 0.717) is 11.3 Å². The van der Waals surface area contributed by atoms with Crippen molar-refractivity contribution in [1.29, 1.82) is 0 Å². The zero-order chi connectivity index (χ0) is 15.5. The van der Waals surface area contributed by atoms with Gasteiger partial charge >= 0.3 is 0 Å². The van der Waals surface area contributed by atoms with Gasteiger partial charge in [0, 0.05) is 24.7 Å². The van der Waals surface area contributed by atoms with Crippen molar-refractivity contribution in [3.8, 4) is 11.3 Å². The molecule has 0 amide bonds. The maximum atomic E-state index is 12.8. The number of rotatable bonds is 5. The lowest BCUT2D eigenvalue weighted by Crippen LogP contribution is -2.30. The molecule has 1 aromatic heterocycles. The van der Waals surface area contributed by atoms with E-state index in [9.17, 15) is 17.6 Å². The highest BCUT2D eigenvalue weighted by molar-refractivity contribution is 7.88. The maximum Gasteiger partial charge on any atom is 0.253 e. The summed E-state index contributed by atoms with van der Waals surface area (Å²) in [6, 6.07) is 6.98. The third-order valence-electron chi connectivity index (χ3n) is 2.74. The monoisotopic (exact) mass is 311 g/mol. The van der Waals surface area contributed by atoms with Gasteiger partial charge in [0.15, 0.2) is 0 Å². The van der Waals surface area contributed by atoms with E-state index in [2.05, 4.69) is 9.71 Å². The molecule has 2 rings (SSSR count). The summed E-state index contributed by atoms with van der Waals surface area (Å²) in [7, 11) is -3.28. The molecule has 0 aliphatic rings. The van der Waals surface area contributed by atoms with Crippen LogP contribution in [-0.4, -0.2) is 30.8 Å². The van der Waals surface area contributed by atoms with E-state index >= 15 is 0 Å². The molecule has 0 unspecified atom stereocenters. The van der Waals surface area contributed by atoms with Gasteiger partial charge in [0.1, 0.15) is 5.82 Å². The highest BCUT2D eigenvalue weighted by Crippen LogP contribution is 2.14. The summed E-state index contributed by atoms with van der Waals surface area (Å²) in [5.74, 6) is -0.362. The number of hydrogen-bond acceptors (Lipinski definition) is 4. The van der Waals surface area contributed by atoms with Crippen LogP contribution in [0.25, 0.3) is 11.3 Å². The fourth-order valence-corrected chi connectivity index (χ4v) is 2.19. The Bertz CT molecular complexity index is 785. The lowest BCUT2D eigenvalue weighted by atomic mass is 10.1. The van der Waals surface area contributed by atoms with Crippen LogP contribution in [0.1, 0.15) is 0 Å². The van der Waals surface area contributed by atoms with Crippen molar-refractivity contribution in [2.24, 2.45) is 0 Å². The summed E-state index contributed by atoms with van der Waals surface area (Å²) in [6.45, 7) is 0.291. The van der Waals surface area contributed by atoms with E-state index in [1.807, 2.05) is 0 Å². The van der Waals surface area contributed by atoms with Crippen LogP contribution in [0.15, 0.2) is 41.5 Å². The summed E-state index contributed by atoms with van der Waals surface area (Å²) in [5.41, 5.74) is 0.766. The first-order chi connectivity index (χ1) is 9.85. The van der Waals surface area contributed by atoms with Crippen LogP contribution in [0.5, 0.6) is 0 Å². The standard InChI is InChI=1S/C13H14FN3O3S/c1-21(19,20)16-6-7-17-9-15-12(8-13(17)18)10-2-4-11(14)5-3-10/h2-5,8-9,16H,6-7H2,1H3. The van der Waals surface area contributed by atoms with Crippen LogP contribution in [0, 0.1) is 5.82 Å². The van der Waals surface area contributed by atoms with Crippen LogP contribution in [0.2, 0.25) is 0 Å². The number of sulfonamides is 1. The van der Waals surface area contributed by atoms with Crippen LogP contribution in [-0.2, 0) is 16.6 Å². The molecule has 0 bridgehead atoms. The van der Waals surface area contributed by atoms with Crippen molar-refractivity contribution < 1.29 is 12.8 Å². The zero-order valence-corrected chi connectivity index (χ0v) is 12.1. The Hall–Kier alpha value is -2.06. The van der Waals surface area contributed by atoms with Crippen molar-refractivity contribution in [2.45, 2.75) is 6.54 Å². The molecule has 0 aliphatic carbocycles. The predicted molar refractivity (Wildman–Crippen MR) is 76.7 cm³/mol. The largest absolute Gasteiger partial charge is 0.298 e. The van der Waals surface area contributed by atoms with Crippen LogP contribution in [0.4, 0.5) is 4.39 Å². The Morgan fingerprint density at radius 1 is 1.29 bits per heavy atom. The molecule has 0 aliphatic heterocycles. The van der Waals surface area contributed by atoms with Crippen molar-refractivity contribution in [3.05, 3.63) is 52.8 Å². The molecule has 21 heavy (non-hydrogen) atoms. The molecule has 0 saturated heterocycles. The molecule has 0 fully saturated rings. The highest BCUT2D eigenvalue weighted by Gasteiger charge is 2.04. The number of nitrogens with zero attached hydrogens (tertiary/aromatic N) is 2. The van der Waals surface area contributed by atoms with E-state index < -0.39 is 10.0 Å². The van der Waals surface area contributed by atoms with Crippen LogP contribution < -0.4 is 10.3 Å². The molecule has 6 nitrogen and oxygen atoms in total. The van der Waals surface area contributed by atoms with Gasteiger partial charge < -0.3 is 0 Å². The molecule has 2 aromatic rings. The van der Waals surface area contributed by atoms with Crippen LogP contribution >= 0.6 is 0 Å². The minimum Gasteiger partial charge on any atom is -0.298 e. The first-order valence-electron chi connectivity index (χ1n) is 6.12.